The zero-order chi connectivity index (χ0) is 13.3. The van der Waals surface area contributed by atoms with Gasteiger partial charge >= 0.3 is 0 Å². The van der Waals surface area contributed by atoms with E-state index in [0.29, 0.717) is 0 Å². The van der Waals surface area contributed by atoms with Gasteiger partial charge in [-0.15, -0.1) is 0 Å². The third-order valence-electron chi connectivity index (χ3n) is 2.08. The molecule has 0 amide bonds. The number of aromatic amines is 1. The first-order chi connectivity index (χ1) is 8.50. The van der Waals surface area contributed by atoms with Crippen LogP contribution in [0.25, 0.3) is 0 Å². The second-order valence-corrected chi connectivity index (χ2v) is 3.62. The van der Waals surface area contributed by atoms with E-state index < -0.39 is 23.0 Å². The number of anilines is 2. The second-order valence-electron chi connectivity index (χ2n) is 3.24. The third-order valence-corrected chi connectivity index (χ3v) is 2.44. The lowest BCUT2D eigenvalue weighted by Gasteiger charge is -2.08. The number of H-pyrrole nitrogens is 1. The molecule has 0 saturated heterocycles. The smallest absolute Gasteiger partial charge is 0.271 e. The van der Waals surface area contributed by atoms with Gasteiger partial charge in [0, 0.05) is 0 Å². The van der Waals surface area contributed by atoms with E-state index in [4.69, 9.17) is 11.6 Å². The Kier molecular flexibility index (Phi) is 3.24. The van der Waals surface area contributed by atoms with Crippen LogP contribution in [0.4, 0.5) is 24.7 Å². The molecule has 0 spiro atoms. The van der Waals surface area contributed by atoms with E-state index in [0.717, 1.165) is 18.5 Å². The summed E-state index contributed by atoms with van der Waals surface area (Å²) in [6.45, 7) is 0. The van der Waals surface area contributed by atoms with E-state index in [1.165, 1.54) is 0 Å². The van der Waals surface area contributed by atoms with Gasteiger partial charge in [-0.25, -0.2) is 18.2 Å². The highest BCUT2D eigenvalue weighted by Crippen LogP contribution is 2.24. The SMILES string of the molecule is O=c1[nH]cnc(Nc2ccc(F)c(F)c2F)c1Cl. The molecule has 0 fully saturated rings. The maximum Gasteiger partial charge on any atom is 0.271 e. The number of halogens is 4. The van der Waals surface area contributed by atoms with Crippen LogP contribution in [0, 0.1) is 17.5 Å². The van der Waals surface area contributed by atoms with Gasteiger partial charge in [0.2, 0.25) is 0 Å². The highest BCUT2D eigenvalue weighted by atomic mass is 35.5. The van der Waals surface area contributed by atoms with Crippen LogP contribution in [0.15, 0.2) is 23.3 Å². The van der Waals surface area contributed by atoms with E-state index in [2.05, 4.69) is 15.3 Å². The molecule has 0 aliphatic rings. The van der Waals surface area contributed by atoms with Crippen molar-refractivity contribution in [3.63, 3.8) is 0 Å². The number of hydrogen-bond acceptors (Lipinski definition) is 3. The monoisotopic (exact) mass is 275 g/mol. The van der Waals surface area contributed by atoms with Crippen LogP contribution in [0.1, 0.15) is 0 Å². The van der Waals surface area contributed by atoms with Gasteiger partial charge in [0.15, 0.2) is 23.3 Å². The van der Waals surface area contributed by atoms with Crippen LogP contribution in [-0.4, -0.2) is 9.97 Å². The van der Waals surface area contributed by atoms with Crippen LogP contribution in [0.2, 0.25) is 5.02 Å². The van der Waals surface area contributed by atoms with Crippen molar-refractivity contribution in [3.05, 3.63) is 51.3 Å². The van der Waals surface area contributed by atoms with Crippen molar-refractivity contribution in [2.45, 2.75) is 0 Å². The Morgan fingerprint density at radius 2 is 1.94 bits per heavy atom. The van der Waals surface area contributed by atoms with Crippen molar-refractivity contribution >= 4 is 23.1 Å². The van der Waals surface area contributed by atoms with Crippen LogP contribution in [0.5, 0.6) is 0 Å². The summed E-state index contributed by atoms with van der Waals surface area (Å²) in [4.78, 5) is 17.0. The van der Waals surface area contributed by atoms with Gasteiger partial charge in [-0.1, -0.05) is 11.6 Å². The summed E-state index contributed by atoms with van der Waals surface area (Å²) in [6, 6.07) is 1.70. The van der Waals surface area contributed by atoms with Crippen molar-refractivity contribution in [2.24, 2.45) is 0 Å². The van der Waals surface area contributed by atoms with Crippen molar-refractivity contribution in [1.29, 1.82) is 0 Å². The van der Waals surface area contributed by atoms with Gasteiger partial charge in [0.25, 0.3) is 5.56 Å². The van der Waals surface area contributed by atoms with Crippen molar-refractivity contribution in [1.82, 2.24) is 9.97 Å². The van der Waals surface area contributed by atoms with Gasteiger partial charge in [-0.2, -0.15) is 0 Å². The molecule has 1 heterocycles. The number of rotatable bonds is 2. The maximum absolute atomic E-state index is 13.3. The molecule has 1 aromatic heterocycles. The third kappa shape index (κ3) is 2.17. The van der Waals surface area contributed by atoms with Gasteiger partial charge in [0.05, 0.1) is 12.0 Å². The summed E-state index contributed by atoms with van der Waals surface area (Å²) in [5.74, 6) is -4.53. The van der Waals surface area contributed by atoms with Crippen molar-refractivity contribution in [3.8, 4) is 0 Å². The van der Waals surface area contributed by atoms with E-state index >= 15 is 0 Å². The molecule has 0 radical (unpaired) electrons. The van der Waals surface area contributed by atoms with Crippen LogP contribution >= 0.6 is 11.6 Å². The molecule has 0 saturated carbocycles. The molecule has 94 valence electrons. The Balaban J connectivity index is 2.44. The molecule has 4 nitrogen and oxygen atoms in total. The summed E-state index contributed by atoms with van der Waals surface area (Å²) in [6.07, 6.45) is 1.04. The zero-order valence-corrected chi connectivity index (χ0v) is 9.36. The average molecular weight is 276 g/mol. The first kappa shape index (κ1) is 12.4. The van der Waals surface area contributed by atoms with Gasteiger partial charge in [-0.05, 0) is 12.1 Å². The fourth-order valence-corrected chi connectivity index (χ4v) is 1.37. The topological polar surface area (TPSA) is 57.8 Å². The number of hydrogen-bond donors (Lipinski definition) is 2. The fourth-order valence-electron chi connectivity index (χ4n) is 1.22. The normalized spacial score (nSPS) is 10.4. The molecule has 0 atom stereocenters. The second kappa shape index (κ2) is 4.69. The zero-order valence-electron chi connectivity index (χ0n) is 8.60. The minimum atomic E-state index is -1.62. The lowest BCUT2D eigenvalue weighted by atomic mass is 10.3. The summed E-state index contributed by atoms with van der Waals surface area (Å²) >= 11 is 5.61. The van der Waals surface area contributed by atoms with Crippen molar-refractivity contribution < 1.29 is 13.2 Å². The largest absolute Gasteiger partial charge is 0.336 e. The molecule has 8 heteroatoms. The summed E-state index contributed by atoms with van der Waals surface area (Å²) < 4.78 is 39.0. The molecule has 0 bridgehead atoms. The van der Waals surface area contributed by atoms with E-state index in [1.54, 1.807) is 0 Å². The van der Waals surface area contributed by atoms with E-state index in [9.17, 15) is 18.0 Å². The molecule has 18 heavy (non-hydrogen) atoms. The molecule has 0 unspecified atom stereocenters. The van der Waals surface area contributed by atoms with Crippen molar-refractivity contribution in [2.75, 3.05) is 5.32 Å². The Labute approximate surface area is 103 Å². The van der Waals surface area contributed by atoms with E-state index in [-0.39, 0.29) is 16.5 Å². The van der Waals surface area contributed by atoms with Crippen LogP contribution in [0.3, 0.4) is 0 Å². The van der Waals surface area contributed by atoms with Gasteiger partial charge in [-0.3, -0.25) is 4.79 Å². The van der Waals surface area contributed by atoms with Crippen LogP contribution in [-0.2, 0) is 0 Å². The first-order valence-corrected chi connectivity index (χ1v) is 5.02. The highest BCUT2D eigenvalue weighted by Gasteiger charge is 2.15. The molecule has 2 N–H and O–H groups in total. The highest BCUT2D eigenvalue weighted by molar-refractivity contribution is 6.32. The number of nitrogens with one attached hydrogen (secondary N) is 2. The van der Waals surface area contributed by atoms with Gasteiger partial charge < -0.3 is 10.3 Å². The lowest BCUT2D eigenvalue weighted by molar-refractivity contribution is 0.449. The molecular weight excluding hydrogens is 271 g/mol. The summed E-state index contributed by atoms with van der Waals surface area (Å²) in [5, 5.41) is 1.99. The minimum absolute atomic E-state index is 0.162. The van der Waals surface area contributed by atoms with Gasteiger partial charge in [0.1, 0.15) is 5.02 Å². The summed E-state index contributed by atoms with van der Waals surface area (Å²) in [7, 11) is 0. The molecule has 2 rings (SSSR count). The Hall–Kier alpha value is -2.02. The first-order valence-electron chi connectivity index (χ1n) is 4.64. The number of nitrogens with zero attached hydrogens (tertiary/aromatic N) is 1. The maximum atomic E-state index is 13.3. The Morgan fingerprint density at radius 1 is 1.22 bits per heavy atom. The molecule has 1 aromatic carbocycles. The van der Waals surface area contributed by atoms with Crippen LogP contribution < -0.4 is 10.9 Å². The predicted octanol–water partition coefficient (Wildman–Crippen LogP) is 2.58. The Morgan fingerprint density at radius 3 is 2.67 bits per heavy atom. The number of aromatic nitrogens is 2. The van der Waals surface area contributed by atoms with E-state index in [1.807, 2.05) is 0 Å². The fraction of sp³-hybridized carbons (Fsp3) is 0. The molecular formula is C10H5ClF3N3O. The Bertz CT molecular complexity index is 659. The molecule has 0 aliphatic carbocycles. The number of benzene rings is 1. The lowest BCUT2D eigenvalue weighted by Crippen LogP contribution is -2.10. The predicted molar refractivity (Wildman–Crippen MR) is 59.5 cm³/mol. The average Bonchev–Trinajstić information content (AvgIpc) is 2.35. The standard InChI is InChI=1S/C10H5ClF3N3O/c11-6-9(15-3-16-10(6)18)17-5-2-1-4(12)7(13)8(5)14/h1-3H,(H2,15,16,17,18). The summed E-state index contributed by atoms with van der Waals surface area (Å²) in [5.41, 5.74) is -1.02. The quantitative estimate of drug-likeness (QED) is 0.828. The minimum Gasteiger partial charge on any atom is -0.336 e. The molecule has 0 aliphatic heterocycles. The molecule has 2 aromatic rings.